The average molecular weight is 411 g/mol. The fourth-order valence-corrected chi connectivity index (χ4v) is 5.15. The van der Waals surface area contributed by atoms with Crippen LogP contribution in [0.3, 0.4) is 0 Å². The molecule has 3 fully saturated rings. The van der Waals surface area contributed by atoms with Crippen molar-refractivity contribution in [2.75, 3.05) is 27.3 Å². The number of hydrogen-bond acceptors (Lipinski definition) is 5. The van der Waals surface area contributed by atoms with Crippen LogP contribution in [0, 0.1) is 11.8 Å². The number of carbonyl (C=O) groups is 1. The van der Waals surface area contributed by atoms with E-state index in [9.17, 15) is 9.90 Å². The molecule has 30 heavy (non-hydrogen) atoms. The fourth-order valence-electron chi connectivity index (χ4n) is 5.15. The molecule has 160 valence electrons. The molecule has 5 rings (SSSR count). The van der Waals surface area contributed by atoms with E-state index in [2.05, 4.69) is 34.5 Å². The first kappa shape index (κ1) is 20.7. The Bertz CT molecular complexity index is 873. The van der Waals surface area contributed by atoms with Gasteiger partial charge in [-0.1, -0.05) is 30.3 Å². The third kappa shape index (κ3) is 4.16. The number of hydrogen-bond donors (Lipinski definition) is 2. The minimum absolute atomic E-state index is 0.102. The van der Waals surface area contributed by atoms with Gasteiger partial charge in [-0.15, -0.1) is 0 Å². The second-order valence-electron chi connectivity index (χ2n) is 8.23. The molecule has 6 heteroatoms. The Balaban J connectivity index is 1.58. The standard InChI is InChI=1S/C24H30N2O4/c1-29-18-8-9-22(30-2)17(13-18)14-25-23-19-10-11-26(15-20(19)24(27)28)21(23)12-16-6-4-3-5-7-16/h3-9,13,19-21,23,25H,10-12,14-15H2,1-2H3,(H,27,28)/t19-,20-,21-,23-/m0/s1. The van der Waals surface area contributed by atoms with Crippen molar-refractivity contribution < 1.29 is 19.4 Å². The number of carboxylic acids is 1. The van der Waals surface area contributed by atoms with Gasteiger partial charge in [0.05, 0.1) is 20.1 Å². The van der Waals surface area contributed by atoms with Crippen LogP contribution < -0.4 is 14.8 Å². The van der Waals surface area contributed by atoms with Crippen LogP contribution in [0.5, 0.6) is 11.5 Å². The van der Waals surface area contributed by atoms with E-state index in [1.165, 1.54) is 5.56 Å². The maximum absolute atomic E-state index is 11.9. The van der Waals surface area contributed by atoms with Crippen molar-refractivity contribution in [1.29, 1.82) is 0 Å². The van der Waals surface area contributed by atoms with Gasteiger partial charge in [0.1, 0.15) is 11.5 Å². The highest BCUT2D eigenvalue weighted by Gasteiger charge is 2.49. The zero-order valence-electron chi connectivity index (χ0n) is 17.6. The molecule has 3 aliphatic heterocycles. The predicted molar refractivity (Wildman–Crippen MR) is 115 cm³/mol. The second kappa shape index (κ2) is 9.06. The summed E-state index contributed by atoms with van der Waals surface area (Å²) < 4.78 is 10.9. The summed E-state index contributed by atoms with van der Waals surface area (Å²) in [5.74, 6) is 0.701. The van der Waals surface area contributed by atoms with E-state index in [-0.39, 0.29) is 23.9 Å². The summed E-state index contributed by atoms with van der Waals surface area (Å²) in [6, 6.07) is 16.6. The van der Waals surface area contributed by atoms with Gasteiger partial charge in [0.2, 0.25) is 0 Å². The van der Waals surface area contributed by atoms with E-state index in [0.717, 1.165) is 36.4 Å². The molecule has 0 aromatic heterocycles. The summed E-state index contributed by atoms with van der Waals surface area (Å²) in [7, 11) is 3.32. The predicted octanol–water partition coefficient (Wildman–Crippen LogP) is 2.81. The van der Waals surface area contributed by atoms with Gasteiger partial charge in [0.15, 0.2) is 0 Å². The third-order valence-corrected chi connectivity index (χ3v) is 6.66. The second-order valence-corrected chi connectivity index (χ2v) is 8.23. The molecular formula is C24H30N2O4. The number of fused-ring (bicyclic) bond motifs is 3. The Morgan fingerprint density at radius 2 is 1.97 bits per heavy atom. The van der Waals surface area contributed by atoms with E-state index in [0.29, 0.717) is 13.1 Å². The number of methoxy groups -OCH3 is 2. The number of aliphatic carboxylic acids is 1. The SMILES string of the molecule is COc1ccc(OC)c(CN[C@H]2[C@H]3CCN(C[C@@H]3C(=O)O)[C@H]2Cc2ccccc2)c1. The largest absolute Gasteiger partial charge is 0.497 e. The van der Waals surface area contributed by atoms with E-state index < -0.39 is 5.97 Å². The van der Waals surface area contributed by atoms with Crippen LogP contribution in [0.4, 0.5) is 0 Å². The fraction of sp³-hybridized carbons (Fsp3) is 0.458. The Morgan fingerprint density at radius 3 is 2.67 bits per heavy atom. The molecule has 0 aliphatic carbocycles. The van der Waals surface area contributed by atoms with Crippen molar-refractivity contribution in [3.8, 4) is 11.5 Å². The van der Waals surface area contributed by atoms with Crippen molar-refractivity contribution in [2.45, 2.75) is 31.5 Å². The van der Waals surface area contributed by atoms with Crippen LogP contribution in [-0.2, 0) is 17.8 Å². The molecule has 0 saturated carbocycles. The molecule has 2 N–H and O–H groups in total. The van der Waals surface area contributed by atoms with Crippen molar-refractivity contribution in [3.63, 3.8) is 0 Å². The summed E-state index contributed by atoms with van der Waals surface area (Å²) in [4.78, 5) is 14.3. The number of nitrogens with one attached hydrogen (secondary N) is 1. The Labute approximate surface area is 177 Å². The average Bonchev–Trinajstić information content (AvgIpc) is 2.79. The first-order valence-electron chi connectivity index (χ1n) is 10.6. The number of nitrogens with zero attached hydrogens (tertiary/aromatic N) is 1. The number of rotatable bonds is 8. The molecule has 0 spiro atoms. The number of piperidine rings is 3. The molecule has 2 aromatic carbocycles. The van der Waals surface area contributed by atoms with Gasteiger partial charge in [-0.3, -0.25) is 9.69 Å². The van der Waals surface area contributed by atoms with Crippen molar-refractivity contribution in [3.05, 3.63) is 59.7 Å². The summed E-state index contributed by atoms with van der Waals surface area (Å²) in [5, 5.41) is 13.5. The highest BCUT2D eigenvalue weighted by molar-refractivity contribution is 5.71. The molecule has 1 unspecified atom stereocenters. The van der Waals surface area contributed by atoms with Crippen molar-refractivity contribution in [2.24, 2.45) is 11.8 Å². The van der Waals surface area contributed by atoms with Crippen LogP contribution in [-0.4, -0.2) is 55.4 Å². The van der Waals surface area contributed by atoms with Gasteiger partial charge >= 0.3 is 5.97 Å². The maximum atomic E-state index is 11.9. The van der Waals surface area contributed by atoms with Gasteiger partial charge in [0, 0.05) is 30.7 Å². The molecule has 3 heterocycles. The van der Waals surface area contributed by atoms with Gasteiger partial charge < -0.3 is 19.9 Å². The van der Waals surface area contributed by atoms with Crippen LogP contribution in [0.25, 0.3) is 0 Å². The molecular weight excluding hydrogens is 380 g/mol. The lowest BCUT2D eigenvalue weighted by atomic mass is 9.70. The minimum atomic E-state index is -0.686. The number of benzene rings is 2. The Hall–Kier alpha value is -2.57. The van der Waals surface area contributed by atoms with Crippen LogP contribution in [0.15, 0.2) is 48.5 Å². The third-order valence-electron chi connectivity index (χ3n) is 6.66. The summed E-state index contributed by atoms with van der Waals surface area (Å²) >= 11 is 0. The molecule has 3 aliphatic rings. The zero-order valence-corrected chi connectivity index (χ0v) is 17.6. The van der Waals surface area contributed by atoms with Gasteiger partial charge in [-0.2, -0.15) is 0 Å². The quantitative estimate of drug-likeness (QED) is 0.697. The van der Waals surface area contributed by atoms with Crippen molar-refractivity contribution >= 4 is 5.97 Å². The number of ether oxygens (including phenoxy) is 2. The smallest absolute Gasteiger partial charge is 0.308 e. The van der Waals surface area contributed by atoms with Crippen LogP contribution in [0.2, 0.25) is 0 Å². The van der Waals surface area contributed by atoms with Gasteiger partial charge in [-0.05, 0) is 49.1 Å². The molecule has 0 amide bonds. The molecule has 3 saturated heterocycles. The number of carboxylic acid groups (broad SMARTS) is 1. The lowest BCUT2D eigenvalue weighted by Crippen LogP contribution is -2.67. The summed E-state index contributed by atoms with van der Waals surface area (Å²) in [6.45, 7) is 2.21. The van der Waals surface area contributed by atoms with Gasteiger partial charge in [0.25, 0.3) is 0 Å². The summed E-state index contributed by atoms with van der Waals surface area (Å²) in [6.07, 6.45) is 1.83. The normalized spacial score (nSPS) is 27.6. The highest BCUT2D eigenvalue weighted by atomic mass is 16.5. The Morgan fingerprint density at radius 1 is 1.17 bits per heavy atom. The van der Waals surface area contributed by atoms with Gasteiger partial charge in [-0.25, -0.2) is 0 Å². The van der Waals surface area contributed by atoms with E-state index >= 15 is 0 Å². The Kier molecular flexibility index (Phi) is 6.25. The first-order valence-corrected chi connectivity index (χ1v) is 10.6. The molecule has 6 nitrogen and oxygen atoms in total. The topological polar surface area (TPSA) is 71.0 Å². The molecule has 0 radical (unpaired) electrons. The van der Waals surface area contributed by atoms with Crippen molar-refractivity contribution in [1.82, 2.24) is 10.2 Å². The highest BCUT2D eigenvalue weighted by Crippen LogP contribution is 2.38. The zero-order chi connectivity index (χ0) is 21.1. The molecule has 2 aromatic rings. The van der Waals surface area contributed by atoms with E-state index in [4.69, 9.17) is 9.47 Å². The summed E-state index contributed by atoms with van der Waals surface area (Å²) in [5.41, 5.74) is 2.30. The lowest BCUT2D eigenvalue weighted by Gasteiger charge is -2.54. The van der Waals surface area contributed by atoms with E-state index in [1.54, 1.807) is 14.2 Å². The van der Waals surface area contributed by atoms with Crippen LogP contribution >= 0.6 is 0 Å². The van der Waals surface area contributed by atoms with E-state index in [1.807, 2.05) is 24.3 Å². The monoisotopic (exact) mass is 410 g/mol. The minimum Gasteiger partial charge on any atom is -0.497 e. The molecule has 2 bridgehead atoms. The first-order chi connectivity index (χ1) is 14.6. The maximum Gasteiger partial charge on any atom is 0.308 e. The van der Waals surface area contributed by atoms with Crippen LogP contribution in [0.1, 0.15) is 17.5 Å². The lowest BCUT2D eigenvalue weighted by molar-refractivity contribution is -0.152. The molecule has 5 atom stereocenters.